The van der Waals surface area contributed by atoms with E-state index in [1.165, 1.54) is 49.6 Å². The summed E-state index contributed by atoms with van der Waals surface area (Å²) in [4.78, 5) is 39.3. The first-order valence-corrected chi connectivity index (χ1v) is 10.7. The van der Waals surface area contributed by atoms with E-state index in [0.717, 1.165) is 11.0 Å². The SMILES string of the molecule is COCCNC(=O)[C@H](c1ccc(O)cc1)N(C(=O)c1snc(C(N)=O)c1N)c1ccccc1F. The highest BCUT2D eigenvalue weighted by molar-refractivity contribution is 7.09. The van der Waals surface area contributed by atoms with E-state index in [0.29, 0.717) is 11.5 Å². The van der Waals surface area contributed by atoms with Gasteiger partial charge in [-0.1, -0.05) is 24.3 Å². The molecule has 0 aliphatic rings. The summed E-state index contributed by atoms with van der Waals surface area (Å²) in [7, 11) is 1.46. The molecule has 2 aromatic carbocycles. The number of halogens is 1. The molecular formula is C22H22FN5O5S. The van der Waals surface area contributed by atoms with Crippen molar-refractivity contribution in [3.05, 3.63) is 70.5 Å². The molecular weight excluding hydrogens is 465 g/mol. The fraction of sp³-hybridized carbons (Fsp3) is 0.182. The first kappa shape index (κ1) is 24.6. The molecule has 1 aromatic heterocycles. The zero-order valence-electron chi connectivity index (χ0n) is 18.0. The second-order valence-corrected chi connectivity index (χ2v) is 7.82. The van der Waals surface area contributed by atoms with Crippen molar-refractivity contribution in [3.8, 4) is 5.75 Å². The number of nitrogens with zero attached hydrogens (tertiary/aromatic N) is 2. The number of ether oxygens (including phenoxy) is 1. The molecule has 0 spiro atoms. The van der Waals surface area contributed by atoms with Gasteiger partial charge in [0.25, 0.3) is 11.8 Å². The van der Waals surface area contributed by atoms with Gasteiger partial charge in [0.2, 0.25) is 5.91 Å². The first-order valence-electron chi connectivity index (χ1n) is 9.94. The predicted molar refractivity (Wildman–Crippen MR) is 124 cm³/mol. The van der Waals surface area contributed by atoms with E-state index in [9.17, 15) is 23.9 Å². The van der Waals surface area contributed by atoms with Crippen molar-refractivity contribution in [1.29, 1.82) is 0 Å². The summed E-state index contributed by atoms with van der Waals surface area (Å²) in [6.45, 7) is 0.323. The average Bonchev–Trinajstić information content (AvgIpc) is 3.20. The Hall–Kier alpha value is -4.03. The molecule has 0 fully saturated rings. The van der Waals surface area contributed by atoms with E-state index in [1.807, 2.05) is 0 Å². The number of primary amides is 1. The largest absolute Gasteiger partial charge is 0.508 e. The third-order valence-corrected chi connectivity index (χ3v) is 5.66. The van der Waals surface area contributed by atoms with Crippen molar-refractivity contribution in [1.82, 2.24) is 9.69 Å². The van der Waals surface area contributed by atoms with Gasteiger partial charge in [0.15, 0.2) is 5.69 Å². The van der Waals surface area contributed by atoms with Crippen molar-refractivity contribution >= 4 is 40.6 Å². The van der Waals surface area contributed by atoms with E-state index >= 15 is 0 Å². The van der Waals surface area contributed by atoms with Gasteiger partial charge in [0, 0.05) is 13.7 Å². The minimum Gasteiger partial charge on any atom is -0.508 e. The Bertz CT molecular complexity index is 1200. The molecule has 178 valence electrons. The third-order valence-electron chi connectivity index (χ3n) is 4.81. The van der Waals surface area contributed by atoms with Gasteiger partial charge in [0.05, 0.1) is 18.0 Å². The van der Waals surface area contributed by atoms with E-state index in [4.69, 9.17) is 16.2 Å². The lowest BCUT2D eigenvalue weighted by molar-refractivity contribution is -0.122. The van der Waals surface area contributed by atoms with Gasteiger partial charge in [-0.25, -0.2) is 4.39 Å². The standard InChI is InChI=1S/C22H22FN5O5S/c1-33-11-10-26-21(31)18(12-6-8-13(29)9-7-12)28(15-5-3-2-4-14(15)23)22(32)19-16(24)17(20(25)30)27-34-19/h2-9,18,29H,10-11,24H2,1H3,(H2,25,30)(H,26,31)/t18-/m0/s1. The quantitative estimate of drug-likeness (QED) is 0.335. The number of nitrogens with two attached hydrogens (primary N) is 2. The second-order valence-electron chi connectivity index (χ2n) is 7.04. The number of aromatic nitrogens is 1. The van der Waals surface area contributed by atoms with E-state index in [-0.39, 0.29) is 46.4 Å². The summed E-state index contributed by atoms with van der Waals surface area (Å²) in [5.74, 6) is -3.28. The normalized spacial score (nSPS) is 11.6. The van der Waals surface area contributed by atoms with E-state index < -0.39 is 29.6 Å². The number of para-hydroxylation sites is 1. The third kappa shape index (κ3) is 5.13. The van der Waals surface area contributed by atoms with Gasteiger partial charge in [-0.2, -0.15) is 4.37 Å². The lowest BCUT2D eigenvalue weighted by atomic mass is 10.0. The fourth-order valence-corrected chi connectivity index (χ4v) is 3.94. The van der Waals surface area contributed by atoms with Crippen molar-refractivity contribution in [3.63, 3.8) is 0 Å². The topological polar surface area (TPSA) is 161 Å². The molecule has 0 aliphatic carbocycles. The number of benzene rings is 2. The zero-order chi connectivity index (χ0) is 24.8. The number of phenolic OH excluding ortho intramolecular Hbond substituents is 1. The number of nitrogens with one attached hydrogen (secondary N) is 1. The van der Waals surface area contributed by atoms with Crippen LogP contribution in [0.15, 0.2) is 48.5 Å². The van der Waals surface area contributed by atoms with Crippen LogP contribution in [-0.2, 0) is 9.53 Å². The number of carbonyl (C=O) groups is 3. The summed E-state index contributed by atoms with van der Waals surface area (Å²) in [6, 6.07) is 9.56. The monoisotopic (exact) mass is 487 g/mol. The highest BCUT2D eigenvalue weighted by Crippen LogP contribution is 2.34. The summed E-state index contributed by atoms with van der Waals surface area (Å²) in [5, 5.41) is 12.4. The van der Waals surface area contributed by atoms with Crippen molar-refractivity contribution < 1.29 is 28.6 Å². The molecule has 0 radical (unpaired) electrons. The molecule has 12 heteroatoms. The van der Waals surface area contributed by atoms with Crippen LogP contribution in [0.25, 0.3) is 0 Å². The minimum atomic E-state index is -1.37. The number of hydrogen-bond donors (Lipinski definition) is 4. The Morgan fingerprint density at radius 1 is 1.21 bits per heavy atom. The second kappa shape index (κ2) is 10.7. The predicted octanol–water partition coefficient (Wildman–Crippen LogP) is 1.82. The van der Waals surface area contributed by atoms with Crippen LogP contribution >= 0.6 is 11.5 Å². The Balaban J connectivity index is 2.19. The summed E-state index contributed by atoms with van der Waals surface area (Å²) >= 11 is 0.609. The van der Waals surface area contributed by atoms with Crippen LogP contribution in [0.5, 0.6) is 5.75 Å². The minimum absolute atomic E-state index is 0.0659. The maximum Gasteiger partial charge on any atom is 0.273 e. The number of aromatic hydroxyl groups is 1. The Morgan fingerprint density at radius 3 is 2.47 bits per heavy atom. The van der Waals surface area contributed by atoms with Crippen LogP contribution in [-0.4, -0.2) is 47.5 Å². The molecule has 0 bridgehead atoms. The van der Waals surface area contributed by atoms with Gasteiger partial charge >= 0.3 is 0 Å². The van der Waals surface area contributed by atoms with Crippen LogP contribution in [0.1, 0.15) is 31.8 Å². The maximum absolute atomic E-state index is 15.0. The van der Waals surface area contributed by atoms with Crippen molar-refractivity contribution in [2.45, 2.75) is 6.04 Å². The van der Waals surface area contributed by atoms with Crippen molar-refractivity contribution in [2.75, 3.05) is 30.9 Å². The number of carbonyl (C=O) groups excluding carboxylic acids is 3. The molecule has 1 atom stereocenters. The Labute approximate surface area is 198 Å². The number of rotatable bonds is 9. The fourth-order valence-electron chi connectivity index (χ4n) is 3.20. The van der Waals surface area contributed by atoms with Gasteiger partial charge in [-0.05, 0) is 41.4 Å². The summed E-state index contributed by atoms with van der Waals surface area (Å²) < 4.78 is 23.8. The van der Waals surface area contributed by atoms with E-state index in [1.54, 1.807) is 0 Å². The molecule has 1 heterocycles. The molecule has 0 saturated carbocycles. The molecule has 10 nitrogen and oxygen atoms in total. The molecule has 34 heavy (non-hydrogen) atoms. The lowest BCUT2D eigenvalue weighted by Gasteiger charge is -2.31. The smallest absolute Gasteiger partial charge is 0.273 e. The van der Waals surface area contributed by atoms with Crippen LogP contribution < -0.4 is 21.7 Å². The maximum atomic E-state index is 15.0. The number of phenols is 1. The average molecular weight is 488 g/mol. The number of nitrogen functional groups attached to an aromatic ring is 1. The molecule has 3 rings (SSSR count). The molecule has 0 saturated heterocycles. The molecule has 0 unspecified atom stereocenters. The number of hydrogen-bond acceptors (Lipinski definition) is 8. The molecule has 3 aromatic rings. The van der Waals surface area contributed by atoms with Crippen LogP contribution in [0.4, 0.5) is 15.8 Å². The highest BCUT2D eigenvalue weighted by atomic mass is 32.1. The molecule has 6 N–H and O–H groups in total. The van der Waals surface area contributed by atoms with Crippen LogP contribution in [0.3, 0.4) is 0 Å². The Morgan fingerprint density at radius 2 is 1.88 bits per heavy atom. The van der Waals surface area contributed by atoms with E-state index in [2.05, 4.69) is 9.69 Å². The van der Waals surface area contributed by atoms with Gasteiger partial charge in [-0.15, -0.1) is 0 Å². The van der Waals surface area contributed by atoms with Gasteiger partial charge in [-0.3, -0.25) is 19.3 Å². The number of anilines is 2. The molecule has 0 aliphatic heterocycles. The molecule has 3 amide bonds. The van der Waals surface area contributed by atoms with Gasteiger partial charge < -0.3 is 26.6 Å². The summed E-state index contributed by atoms with van der Waals surface area (Å²) in [6.07, 6.45) is 0. The van der Waals surface area contributed by atoms with Gasteiger partial charge in [0.1, 0.15) is 22.5 Å². The highest BCUT2D eigenvalue weighted by Gasteiger charge is 2.37. The lowest BCUT2D eigenvalue weighted by Crippen LogP contribution is -2.45. The Kier molecular flexibility index (Phi) is 7.76. The number of methoxy groups -OCH3 is 1. The zero-order valence-corrected chi connectivity index (χ0v) is 18.8. The first-order chi connectivity index (χ1) is 16.3. The van der Waals surface area contributed by atoms with Crippen molar-refractivity contribution in [2.24, 2.45) is 5.73 Å². The van der Waals surface area contributed by atoms with Crippen LogP contribution in [0.2, 0.25) is 0 Å². The van der Waals surface area contributed by atoms with Crippen LogP contribution in [0, 0.1) is 5.82 Å². The number of amides is 3. The summed E-state index contributed by atoms with van der Waals surface area (Å²) in [5.41, 5.74) is 10.7.